The van der Waals surface area contributed by atoms with E-state index in [4.69, 9.17) is 0 Å². The Morgan fingerprint density at radius 3 is 2.85 bits per heavy atom. The molecule has 0 aliphatic heterocycles. The molecule has 1 amide bonds. The van der Waals surface area contributed by atoms with Crippen LogP contribution in [0.15, 0.2) is 36.4 Å². The maximum absolute atomic E-state index is 13.6. The second kappa shape index (κ2) is 5.88. The lowest BCUT2D eigenvalue weighted by Gasteiger charge is -2.41. The van der Waals surface area contributed by atoms with Gasteiger partial charge in [-0.15, -0.1) is 0 Å². The van der Waals surface area contributed by atoms with E-state index >= 15 is 0 Å². The van der Waals surface area contributed by atoms with Crippen molar-refractivity contribution in [3.63, 3.8) is 0 Å². The summed E-state index contributed by atoms with van der Waals surface area (Å²) >= 11 is 0. The molecule has 27 heavy (non-hydrogen) atoms. The van der Waals surface area contributed by atoms with E-state index in [1.54, 1.807) is 0 Å². The van der Waals surface area contributed by atoms with Crippen molar-refractivity contribution in [2.24, 2.45) is 35.0 Å². The average Bonchev–Trinajstić information content (AvgIpc) is 3.37. The van der Waals surface area contributed by atoms with Crippen molar-refractivity contribution < 1.29 is 14.4 Å². The number of hydrogen-bond donors (Lipinski definition) is 1. The largest absolute Gasteiger partial charge is 0.326 e. The topological polar surface area (TPSA) is 63.2 Å². The van der Waals surface area contributed by atoms with E-state index in [2.05, 4.69) is 18.3 Å². The second-order valence-corrected chi connectivity index (χ2v) is 8.65. The van der Waals surface area contributed by atoms with Crippen molar-refractivity contribution in [1.29, 1.82) is 0 Å². The first-order valence-electron chi connectivity index (χ1n) is 10.2. The van der Waals surface area contributed by atoms with Gasteiger partial charge in [0, 0.05) is 23.4 Å². The lowest BCUT2D eigenvalue weighted by atomic mass is 9.60. The number of rotatable bonds is 5. The third kappa shape index (κ3) is 2.07. The molecular weight excluding hydrogens is 338 g/mol. The zero-order valence-electron chi connectivity index (χ0n) is 15.6. The number of aryl methyl sites for hydroxylation is 1. The summed E-state index contributed by atoms with van der Waals surface area (Å²) in [7, 11) is 0. The molecule has 0 spiro atoms. The van der Waals surface area contributed by atoms with Crippen LogP contribution in [0.25, 0.3) is 0 Å². The van der Waals surface area contributed by atoms with Crippen LogP contribution in [0.1, 0.15) is 38.2 Å². The van der Waals surface area contributed by atoms with E-state index in [1.807, 2.05) is 30.4 Å². The van der Waals surface area contributed by atoms with Crippen LogP contribution in [0.3, 0.4) is 0 Å². The van der Waals surface area contributed by atoms with Gasteiger partial charge in [0.2, 0.25) is 5.91 Å². The molecule has 4 bridgehead atoms. The summed E-state index contributed by atoms with van der Waals surface area (Å²) < 4.78 is 0. The number of allylic oxidation sites excluding steroid dienone is 2. The van der Waals surface area contributed by atoms with Crippen LogP contribution >= 0.6 is 0 Å². The summed E-state index contributed by atoms with van der Waals surface area (Å²) in [6.07, 6.45) is 8.66. The van der Waals surface area contributed by atoms with Crippen molar-refractivity contribution in [1.82, 2.24) is 0 Å². The fourth-order valence-corrected chi connectivity index (χ4v) is 6.45. The van der Waals surface area contributed by atoms with Gasteiger partial charge in [-0.3, -0.25) is 14.4 Å². The molecule has 4 heteroatoms. The molecule has 3 saturated carbocycles. The van der Waals surface area contributed by atoms with Gasteiger partial charge in [-0.05, 0) is 49.3 Å². The molecule has 0 saturated heterocycles. The van der Waals surface area contributed by atoms with E-state index in [9.17, 15) is 14.4 Å². The molecule has 0 heterocycles. The van der Waals surface area contributed by atoms with Crippen LogP contribution in [0, 0.1) is 35.0 Å². The second-order valence-electron chi connectivity index (χ2n) is 8.65. The first-order valence-corrected chi connectivity index (χ1v) is 10.2. The van der Waals surface area contributed by atoms with Gasteiger partial charge in [0.1, 0.15) is 11.6 Å². The number of anilines is 1. The molecule has 0 radical (unpaired) electrons. The van der Waals surface area contributed by atoms with Crippen molar-refractivity contribution in [3.8, 4) is 0 Å². The van der Waals surface area contributed by atoms with Crippen molar-refractivity contribution in [3.05, 3.63) is 42.0 Å². The zero-order chi connectivity index (χ0) is 18.8. The normalized spacial score (nSPS) is 37.9. The predicted octanol–water partition coefficient (Wildman–Crippen LogP) is 3.56. The van der Waals surface area contributed by atoms with Gasteiger partial charge in [-0.25, -0.2) is 0 Å². The Bertz CT molecular complexity index is 870. The molecule has 1 aromatic carbocycles. The highest BCUT2D eigenvalue weighted by atomic mass is 16.2. The highest BCUT2D eigenvalue weighted by Gasteiger charge is 2.77. The third-order valence-corrected chi connectivity index (χ3v) is 7.48. The Hall–Kier alpha value is -2.23. The van der Waals surface area contributed by atoms with Gasteiger partial charge in [-0.1, -0.05) is 37.6 Å². The molecule has 4 nitrogen and oxygen atoms in total. The van der Waals surface area contributed by atoms with E-state index in [0.717, 1.165) is 37.8 Å². The number of benzene rings is 1. The van der Waals surface area contributed by atoms with Crippen LogP contribution in [-0.4, -0.2) is 17.5 Å². The average molecular weight is 363 g/mol. The number of fused-ring (bicyclic) bond motifs is 9. The van der Waals surface area contributed by atoms with Gasteiger partial charge in [0.05, 0.1) is 11.3 Å². The van der Waals surface area contributed by atoms with Crippen molar-refractivity contribution in [2.75, 3.05) is 5.32 Å². The number of amides is 1. The summed E-state index contributed by atoms with van der Waals surface area (Å²) in [6, 6.07) is 7.98. The summed E-state index contributed by atoms with van der Waals surface area (Å²) in [5.74, 6) is -0.944. The standard InChI is InChI=1S/C23H25NO3/c1-2-3-5-13-6-4-7-14(12-13)24-22(27)23-17-10-8-15(20(17)25)19(23)16-9-11-18(23)21(16)26/h4,6-8,10,12,15-19H,2-3,5,9,11H2,1H3,(H,24,27). The van der Waals surface area contributed by atoms with E-state index in [0.29, 0.717) is 0 Å². The highest BCUT2D eigenvalue weighted by Crippen LogP contribution is 2.70. The fourth-order valence-electron chi connectivity index (χ4n) is 6.45. The zero-order valence-corrected chi connectivity index (χ0v) is 15.6. The van der Waals surface area contributed by atoms with Crippen LogP contribution < -0.4 is 5.32 Å². The Balaban J connectivity index is 1.48. The molecule has 4 aliphatic rings. The number of carbonyl (C=O) groups excluding carboxylic acids is 3. The SMILES string of the molecule is CCCCc1cccc(NC(=O)C23C4C=CC(C4=O)C2C2CCC3C2=O)c1. The first-order chi connectivity index (χ1) is 13.1. The van der Waals surface area contributed by atoms with Crippen LogP contribution in [-0.2, 0) is 20.8 Å². The van der Waals surface area contributed by atoms with Crippen molar-refractivity contribution in [2.45, 2.75) is 39.0 Å². The summed E-state index contributed by atoms with van der Waals surface area (Å²) in [4.78, 5) is 39.2. The number of unbranched alkanes of at least 4 members (excludes halogenated alkanes) is 1. The first kappa shape index (κ1) is 16.9. The molecule has 6 atom stereocenters. The Morgan fingerprint density at radius 2 is 2.04 bits per heavy atom. The molecule has 5 rings (SSSR count). The van der Waals surface area contributed by atoms with Crippen LogP contribution in [0.5, 0.6) is 0 Å². The van der Waals surface area contributed by atoms with Crippen LogP contribution in [0.4, 0.5) is 5.69 Å². The Kier molecular flexibility index (Phi) is 3.68. The van der Waals surface area contributed by atoms with E-state index in [1.165, 1.54) is 5.56 Å². The molecule has 4 aliphatic carbocycles. The van der Waals surface area contributed by atoms with E-state index < -0.39 is 11.3 Å². The summed E-state index contributed by atoms with van der Waals surface area (Å²) in [6.45, 7) is 2.16. The number of ketones is 2. The Labute approximate surface area is 159 Å². The van der Waals surface area contributed by atoms with Gasteiger partial charge in [-0.2, -0.15) is 0 Å². The minimum absolute atomic E-state index is 0.111. The number of Topliss-reactive ketones (excluding diaryl/α,β-unsaturated/α-hetero) is 2. The molecule has 6 unspecified atom stereocenters. The molecule has 140 valence electrons. The minimum Gasteiger partial charge on any atom is -0.326 e. The summed E-state index contributed by atoms with van der Waals surface area (Å²) in [5.41, 5.74) is 1.13. The maximum atomic E-state index is 13.6. The monoisotopic (exact) mass is 363 g/mol. The quantitative estimate of drug-likeness (QED) is 0.643. The highest BCUT2D eigenvalue weighted by molar-refractivity contribution is 6.11. The molecule has 1 N–H and O–H groups in total. The van der Waals surface area contributed by atoms with Crippen LogP contribution in [0.2, 0.25) is 0 Å². The molecule has 0 aromatic heterocycles. The number of carbonyl (C=O) groups is 3. The van der Waals surface area contributed by atoms with Gasteiger partial charge < -0.3 is 5.32 Å². The molecule has 1 aromatic rings. The lowest BCUT2D eigenvalue weighted by Crippen LogP contribution is -2.49. The van der Waals surface area contributed by atoms with Gasteiger partial charge >= 0.3 is 0 Å². The smallest absolute Gasteiger partial charge is 0.232 e. The maximum Gasteiger partial charge on any atom is 0.232 e. The third-order valence-electron chi connectivity index (χ3n) is 7.48. The summed E-state index contributed by atoms with van der Waals surface area (Å²) in [5, 5.41) is 3.10. The molecule has 3 fully saturated rings. The van der Waals surface area contributed by atoms with Gasteiger partial charge in [0.15, 0.2) is 0 Å². The number of nitrogens with one attached hydrogen (secondary N) is 1. The van der Waals surface area contributed by atoms with E-state index in [-0.39, 0.29) is 41.1 Å². The number of hydrogen-bond acceptors (Lipinski definition) is 3. The molecular formula is C23H25NO3. The Morgan fingerprint density at radius 1 is 1.19 bits per heavy atom. The predicted molar refractivity (Wildman–Crippen MR) is 102 cm³/mol. The van der Waals surface area contributed by atoms with Gasteiger partial charge in [0.25, 0.3) is 0 Å². The minimum atomic E-state index is -0.851. The van der Waals surface area contributed by atoms with Crippen molar-refractivity contribution >= 4 is 23.2 Å². The fraction of sp³-hybridized carbons (Fsp3) is 0.522. The lowest BCUT2D eigenvalue weighted by molar-refractivity contribution is -0.137.